The van der Waals surface area contributed by atoms with Crippen LogP contribution in [0.4, 0.5) is 5.69 Å². The lowest BCUT2D eigenvalue weighted by Crippen LogP contribution is -2.56. The Morgan fingerprint density at radius 3 is 2.06 bits per heavy atom. The lowest BCUT2D eigenvalue weighted by Gasteiger charge is -2.39. The molecule has 0 aromatic heterocycles. The minimum absolute atomic E-state index is 0.132. The van der Waals surface area contributed by atoms with Gasteiger partial charge in [0.1, 0.15) is 6.04 Å². The van der Waals surface area contributed by atoms with Crippen molar-refractivity contribution in [1.82, 2.24) is 9.80 Å². The molecular weight excluding hydrogens is 390 g/mol. The molecule has 0 bridgehead atoms. The van der Waals surface area contributed by atoms with Gasteiger partial charge in [-0.05, 0) is 49.1 Å². The van der Waals surface area contributed by atoms with Crippen LogP contribution in [-0.2, 0) is 4.79 Å². The second-order valence-corrected chi connectivity index (χ2v) is 8.82. The average Bonchev–Trinajstić information content (AvgIpc) is 3.02. The number of carbonyl (C=O) groups is 3. The molecule has 6 nitrogen and oxygen atoms in total. The third-order valence-corrected chi connectivity index (χ3v) is 6.08. The molecule has 0 spiro atoms. The number of benzene rings is 2. The molecule has 2 aliphatic heterocycles. The zero-order chi connectivity index (χ0) is 22.1. The van der Waals surface area contributed by atoms with E-state index in [1.54, 1.807) is 24.3 Å². The second-order valence-electron chi connectivity index (χ2n) is 8.82. The minimum atomic E-state index is -0.766. The summed E-state index contributed by atoms with van der Waals surface area (Å²) in [4.78, 5) is 44.8. The van der Waals surface area contributed by atoms with E-state index in [2.05, 4.69) is 30.0 Å². The third-order valence-electron chi connectivity index (χ3n) is 6.08. The largest absolute Gasteiger partial charge is 0.368 e. The van der Waals surface area contributed by atoms with E-state index in [9.17, 15) is 14.4 Å². The van der Waals surface area contributed by atoms with E-state index in [0.717, 1.165) is 18.8 Å². The van der Waals surface area contributed by atoms with Crippen LogP contribution in [0.3, 0.4) is 0 Å². The average molecular weight is 420 g/mol. The predicted octanol–water partition coefficient (Wildman–Crippen LogP) is 3.35. The van der Waals surface area contributed by atoms with Crippen molar-refractivity contribution in [3.63, 3.8) is 0 Å². The maximum Gasteiger partial charge on any atom is 0.262 e. The molecule has 0 N–H and O–H groups in total. The molecule has 4 rings (SSSR count). The van der Waals surface area contributed by atoms with Crippen molar-refractivity contribution in [3.8, 4) is 0 Å². The van der Waals surface area contributed by atoms with Gasteiger partial charge in [-0.25, -0.2) is 0 Å². The van der Waals surface area contributed by atoms with E-state index >= 15 is 0 Å². The lowest BCUT2D eigenvalue weighted by atomic mass is 10.0. The summed E-state index contributed by atoms with van der Waals surface area (Å²) in [5, 5.41) is 0. The number of imide groups is 1. The van der Waals surface area contributed by atoms with Crippen LogP contribution in [0.1, 0.15) is 46.5 Å². The van der Waals surface area contributed by atoms with Crippen LogP contribution < -0.4 is 4.90 Å². The number of piperazine rings is 1. The first kappa shape index (κ1) is 21.1. The molecule has 6 heteroatoms. The van der Waals surface area contributed by atoms with Crippen molar-refractivity contribution in [2.24, 2.45) is 5.92 Å². The summed E-state index contributed by atoms with van der Waals surface area (Å²) < 4.78 is 0. The Labute approximate surface area is 183 Å². The molecule has 162 valence electrons. The number of rotatable bonds is 5. The Balaban J connectivity index is 1.51. The van der Waals surface area contributed by atoms with Crippen LogP contribution in [0.2, 0.25) is 0 Å². The molecule has 1 unspecified atom stereocenters. The van der Waals surface area contributed by atoms with Crippen LogP contribution in [0, 0.1) is 12.8 Å². The Hall–Kier alpha value is -3.15. The Morgan fingerprint density at radius 2 is 1.52 bits per heavy atom. The van der Waals surface area contributed by atoms with Crippen LogP contribution in [0.25, 0.3) is 0 Å². The highest BCUT2D eigenvalue weighted by molar-refractivity contribution is 6.22. The molecule has 0 aliphatic carbocycles. The van der Waals surface area contributed by atoms with Gasteiger partial charge in [-0.3, -0.25) is 19.3 Å². The molecule has 2 heterocycles. The fourth-order valence-electron chi connectivity index (χ4n) is 4.47. The summed E-state index contributed by atoms with van der Waals surface area (Å²) in [6.07, 6.45) is 0.461. The number of aryl methyl sites for hydroxylation is 1. The summed E-state index contributed by atoms with van der Waals surface area (Å²) in [5.74, 6) is -0.685. The van der Waals surface area contributed by atoms with Gasteiger partial charge in [-0.1, -0.05) is 38.1 Å². The van der Waals surface area contributed by atoms with Crippen molar-refractivity contribution in [2.45, 2.75) is 33.2 Å². The van der Waals surface area contributed by atoms with Crippen molar-refractivity contribution in [2.75, 3.05) is 31.1 Å². The maximum atomic E-state index is 13.5. The topological polar surface area (TPSA) is 60.9 Å². The number of hydrogen-bond acceptors (Lipinski definition) is 4. The van der Waals surface area contributed by atoms with Crippen molar-refractivity contribution in [1.29, 1.82) is 0 Å². The van der Waals surface area contributed by atoms with Crippen molar-refractivity contribution >= 4 is 23.4 Å². The van der Waals surface area contributed by atoms with Gasteiger partial charge >= 0.3 is 0 Å². The summed E-state index contributed by atoms with van der Waals surface area (Å²) >= 11 is 0. The fourth-order valence-corrected chi connectivity index (χ4v) is 4.47. The molecule has 1 atom stereocenters. The van der Waals surface area contributed by atoms with Gasteiger partial charge in [0.05, 0.1) is 11.1 Å². The number of fused-ring (bicyclic) bond motifs is 1. The first-order valence-corrected chi connectivity index (χ1v) is 10.9. The zero-order valence-corrected chi connectivity index (χ0v) is 18.4. The predicted molar refractivity (Wildman–Crippen MR) is 120 cm³/mol. The van der Waals surface area contributed by atoms with Crippen molar-refractivity contribution < 1.29 is 14.4 Å². The molecule has 1 fully saturated rings. The van der Waals surface area contributed by atoms with E-state index in [4.69, 9.17) is 0 Å². The minimum Gasteiger partial charge on any atom is -0.368 e. The van der Waals surface area contributed by atoms with E-state index in [1.165, 1.54) is 10.5 Å². The zero-order valence-electron chi connectivity index (χ0n) is 18.4. The summed E-state index contributed by atoms with van der Waals surface area (Å²) in [6, 6.07) is 14.4. The molecule has 3 amide bonds. The fraction of sp³-hybridized carbons (Fsp3) is 0.400. The van der Waals surface area contributed by atoms with Gasteiger partial charge < -0.3 is 9.80 Å². The van der Waals surface area contributed by atoms with Gasteiger partial charge in [0.25, 0.3) is 11.8 Å². The van der Waals surface area contributed by atoms with Gasteiger partial charge in [0.2, 0.25) is 5.91 Å². The number of carbonyl (C=O) groups excluding carboxylic acids is 3. The number of nitrogens with zero attached hydrogens (tertiary/aromatic N) is 3. The van der Waals surface area contributed by atoms with E-state index < -0.39 is 6.04 Å². The summed E-state index contributed by atoms with van der Waals surface area (Å²) in [7, 11) is 0. The van der Waals surface area contributed by atoms with Crippen molar-refractivity contribution in [3.05, 3.63) is 65.2 Å². The third kappa shape index (κ3) is 4.07. The Kier molecular flexibility index (Phi) is 5.81. The van der Waals surface area contributed by atoms with E-state index in [0.29, 0.717) is 30.6 Å². The Bertz CT molecular complexity index is 974. The standard InChI is InChI=1S/C25H29N3O3/c1-17(2)15-22(28-23(29)20-9-4-5-10-21(20)24(28)30)25(31)27-13-11-26(12-14-27)19-8-6-7-18(3)16-19/h4-10,16-17,22H,11-15H2,1-3H3. The number of amides is 3. The van der Waals surface area contributed by atoms with Gasteiger partial charge in [-0.2, -0.15) is 0 Å². The molecule has 2 aliphatic rings. The van der Waals surface area contributed by atoms with Gasteiger partial charge in [0, 0.05) is 31.9 Å². The van der Waals surface area contributed by atoms with E-state index in [-0.39, 0.29) is 23.6 Å². The first-order valence-electron chi connectivity index (χ1n) is 10.9. The van der Waals surface area contributed by atoms with Gasteiger partial charge in [0.15, 0.2) is 0 Å². The number of anilines is 1. The normalized spacial score (nSPS) is 17.4. The lowest BCUT2D eigenvalue weighted by molar-refractivity contribution is -0.136. The second kappa shape index (κ2) is 8.53. The van der Waals surface area contributed by atoms with Crippen LogP contribution in [-0.4, -0.2) is 59.7 Å². The smallest absolute Gasteiger partial charge is 0.262 e. The molecule has 0 saturated carbocycles. The summed E-state index contributed by atoms with van der Waals surface area (Å²) in [5.41, 5.74) is 3.14. The highest BCUT2D eigenvalue weighted by atomic mass is 16.2. The van der Waals surface area contributed by atoms with Crippen LogP contribution in [0.15, 0.2) is 48.5 Å². The monoisotopic (exact) mass is 419 g/mol. The molecule has 2 aromatic carbocycles. The molecule has 0 radical (unpaired) electrons. The van der Waals surface area contributed by atoms with Crippen LogP contribution in [0.5, 0.6) is 0 Å². The Morgan fingerprint density at radius 1 is 0.903 bits per heavy atom. The summed E-state index contributed by atoms with van der Waals surface area (Å²) in [6.45, 7) is 8.69. The molecule has 2 aromatic rings. The molecule has 1 saturated heterocycles. The quantitative estimate of drug-likeness (QED) is 0.698. The highest BCUT2D eigenvalue weighted by Gasteiger charge is 2.44. The highest BCUT2D eigenvalue weighted by Crippen LogP contribution is 2.28. The number of hydrogen-bond donors (Lipinski definition) is 0. The molecular formula is C25H29N3O3. The van der Waals surface area contributed by atoms with Crippen LogP contribution >= 0.6 is 0 Å². The SMILES string of the molecule is Cc1cccc(N2CCN(C(=O)C(CC(C)C)N3C(=O)c4ccccc4C3=O)CC2)c1. The maximum absolute atomic E-state index is 13.5. The van der Waals surface area contributed by atoms with Gasteiger partial charge in [-0.15, -0.1) is 0 Å². The first-order chi connectivity index (χ1) is 14.9. The molecule has 31 heavy (non-hydrogen) atoms. The van der Waals surface area contributed by atoms with E-state index in [1.807, 2.05) is 24.8 Å².